The molecule has 2 aromatic heterocycles. The number of likely N-dealkylation sites (tertiary alicyclic amines) is 1. The zero-order valence-electron chi connectivity index (χ0n) is 19.4. The van der Waals surface area contributed by atoms with Crippen molar-refractivity contribution < 1.29 is 14.3 Å². The van der Waals surface area contributed by atoms with Gasteiger partial charge in [-0.2, -0.15) is 0 Å². The van der Waals surface area contributed by atoms with Crippen LogP contribution in [0.2, 0.25) is 0 Å². The summed E-state index contributed by atoms with van der Waals surface area (Å²) < 4.78 is 16.7. The van der Waals surface area contributed by atoms with Gasteiger partial charge in [-0.05, 0) is 67.6 Å². The zero-order valence-corrected chi connectivity index (χ0v) is 19.4. The fourth-order valence-corrected chi connectivity index (χ4v) is 6.45. The Labute approximate surface area is 197 Å². The second-order valence-electron chi connectivity index (χ2n) is 10.8. The molecule has 2 aliphatic heterocycles. The van der Waals surface area contributed by atoms with Crippen molar-refractivity contribution in [3.8, 4) is 0 Å². The molecule has 34 heavy (non-hydrogen) atoms. The molecule has 9 heteroatoms. The highest BCUT2D eigenvalue weighted by Crippen LogP contribution is 2.45. The first-order valence-electron chi connectivity index (χ1n) is 12.4. The molecule has 6 rings (SSSR count). The van der Waals surface area contributed by atoms with E-state index in [1.54, 1.807) is 0 Å². The van der Waals surface area contributed by atoms with E-state index in [1.807, 2.05) is 11.8 Å². The van der Waals surface area contributed by atoms with Crippen molar-refractivity contribution in [2.24, 2.45) is 23.3 Å². The fraction of sp³-hybridized carbons (Fsp3) is 0.600. The number of aromatic nitrogens is 1. The first-order valence-corrected chi connectivity index (χ1v) is 12.4. The summed E-state index contributed by atoms with van der Waals surface area (Å²) >= 11 is 0. The van der Waals surface area contributed by atoms with Crippen LogP contribution >= 0.6 is 0 Å². The van der Waals surface area contributed by atoms with Crippen molar-refractivity contribution in [1.29, 1.82) is 0 Å². The number of anilines is 1. The van der Waals surface area contributed by atoms with Crippen molar-refractivity contribution in [1.82, 2.24) is 9.30 Å². The Balaban J connectivity index is 1.37. The summed E-state index contributed by atoms with van der Waals surface area (Å²) in [6.07, 6.45) is 5.57. The number of aromatic carboxylic acids is 1. The molecule has 2 unspecified atom stereocenters. The van der Waals surface area contributed by atoms with Gasteiger partial charge in [0.05, 0.1) is 17.4 Å². The maximum Gasteiger partial charge on any atom is 0.341 e. The lowest BCUT2D eigenvalue weighted by atomic mass is 9.99. The Kier molecular flexibility index (Phi) is 5.02. The molecule has 0 amide bonds. The third kappa shape index (κ3) is 3.44. The fourth-order valence-electron chi connectivity index (χ4n) is 6.45. The van der Waals surface area contributed by atoms with E-state index >= 15 is 4.39 Å². The largest absolute Gasteiger partial charge is 0.477 e. The number of carboxylic acid groups (broad SMARTS) is 1. The van der Waals surface area contributed by atoms with E-state index in [2.05, 4.69) is 4.90 Å². The molecule has 2 saturated heterocycles. The number of carbonyl (C=O) groups is 1. The number of fused-ring (bicyclic) bond motifs is 1. The third-order valence-electron chi connectivity index (χ3n) is 8.48. The number of nitrogens with zero attached hydrogens (tertiary/aromatic N) is 3. The maximum atomic E-state index is 15.5. The van der Waals surface area contributed by atoms with Gasteiger partial charge in [-0.3, -0.25) is 14.1 Å². The van der Waals surface area contributed by atoms with Gasteiger partial charge in [-0.15, -0.1) is 0 Å². The topological polar surface area (TPSA) is 117 Å². The Hall–Kier alpha value is -2.49. The molecular formula is C25H32FN5O3. The molecule has 4 aliphatic rings. The van der Waals surface area contributed by atoms with E-state index in [0.717, 1.165) is 43.6 Å². The highest BCUT2D eigenvalue weighted by atomic mass is 19.1. The first-order chi connectivity index (χ1) is 16.2. The second kappa shape index (κ2) is 7.76. The summed E-state index contributed by atoms with van der Waals surface area (Å²) in [5.74, 6) is -0.353. The van der Waals surface area contributed by atoms with E-state index in [-0.39, 0.29) is 29.6 Å². The van der Waals surface area contributed by atoms with E-state index in [4.69, 9.17) is 11.5 Å². The lowest BCUT2D eigenvalue weighted by Crippen LogP contribution is -2.46. The van der Waals surface area contributed by atoms with Crippen molar-refractivity contribution in [2.45, 2.75) is 56.7 Å². The van der Waals surface area contributed by atoms with Crippen LogP contribution in [0.25, 0.3) is 5.52 Å². The number of halogens is 1. The highest BCUT2D eigenvalue weighted by molar-refractivity contribution is 5.89. The maximum absolute atomic E-state index is 15.5. The SMILES string of the molecule is Cc1c(N2CC(N)C(N3C[C@@H](N)[C@H](C4CC4)C3)C2)c(F)cn2c(=O)c(C(=O)O)cc(C3CC3)c12. The van der Waals surface area contributed by atoms with E-state index in [9.17, 15) is 14.7 Å². The van der Waals surface area contributed by atoms with Gasteiger partial charge in [0.1, 0.15) is 5.56 Å². The minimum absolute atomic E-state index is 0.101. The molecule has 4 heterocycles. The normalized spacial score (nSPS) is 29.9. The van der Waals surface area contributed by atoms with Crippen LogP contribution < -0.4 is 21.9 Å². The Morgan fingerprint density at radius 1 is 1.09 bits per heavy atom. The smallest absolute Gasteiger partial charge is 0.341 e. The van der Waals surface area contributed by atoms with Crippen LogP contribution in [0.3, 0.4) is 0 Å². The number of aryl methyl sites for hydroxylation is 1. The standard InChI is InChI=1S/C25H32FN5O3/c1-12-22-15(13-2-3-13)6-16(25(33)34)24(32)31(22)8-18(26)23(12)30-10-20(28)21(11-30)29-7-17(14-4-5-14)19(27)9-29/h6,8,13-14,17,19-21H,2-5,7,9-11,27-28H2,1H3,(H,33,34)/t17-,19+,20?,21?/m0/s1. The van der Waals surface area contributed by atoms with E-state index in [1.165, 1.54) is 23.3 Å². The monoisotopic (exact) mass is 469 g/mol. The van der Waals surface area contributed by atoms with Crippen molar-refractivity contribution in [3.05, 3.63) is 45.1 Å². The summed E-state index contributed by atoms with van der Waals surface area (Å²) in [5, 5.41) is 9.51. The van der Waals surface area contributed by atoms with Crippen LogP contribution in [-0.4, -0.2) is 64.7 Å². The number of carboxylic acids is 1. The summed E-state index contributed by atoms with van der Waals surface area (Å²) in [7, 11) is 0. The number of hydrogen-bond donors (Lipinski definition) is 3. The average Bonchev–Trinajstić information content (AvgIpc) is 3.70. The summed E-state index contributed by atoms with van der Waals surface area (Å²) in [4.78, 5) is 28.9. The van der Waals surface area contributed by atoms with E-state index in [0.29, 0.717) is 35.8 Å². The predicted octanol–water partition coefficient (Wildman–Crippen LogP) is 1.51. The van der Waals surface area contributed by atoms with Gasteiger partial charge in [-0.25, -0.2) is 9.18 Å². The molecule has 182 valence electrons. The quantitative estimate of drug-likeness (QED) is 0.608. The molecule has 4 atom stereocenters. The molecule has 4 fully saturated rings. The Morgan fingerprint density at radius 3 is 2.47 bits per heavy atom. The first kappa shape index (κ1) is 22.0. The number of nitrogens with two attached hydrogens (primary N) is 2. The number of hydrogen-bond acceptors (Lipinski definition) is 6. The summed E-state index contributed by atoms with van der Waals surface area (Å²) in [6, 6.07) is 1.64. The zero-order chi connectivity index (χ0) is 23.9. The Bertz CT molecular complexity index is 1240. The number of pyridine rings is 2. The van der Waals surface area contributed by atoms with Gasteiger partial charge in [0.15, 0.2) is 5.82 Å². The molecule has 0 spiro atoms. The van der Waals surface area contributed by atoms with Gasteiger partial charge in [0, 0.05) is 44.3 Å². The molecule has 0 radical (unpaired) electrons. The molecular weight excluding hydrogens is 437 g/mol. The van der Waals surface area contributed by atoms with Gasteiger partial charge >= 0.3 is 5.97 Å². The molecule has 8 nitrogen and oxygen atoms in total. The minimum atomic E-state index is -1.29. The van der Waals surface area contributed by atoms with Crippen LogP contribution in [0.15, 0.2) is 17.1 Å². The van der Waals surface area contributed by atoms with Crippen molar-refractivity contribution in [2.75, 3.05) is 31.1 Å². The summed E-state index contributed by atoms with van der Waals surface area (Å²) in [5.41, 5.74) is 14.6. The van der Waals surface area contributed by atoms with Crippen LogP contribution in [-0.2, 0) is 0 Å². The van der Waals surface area contributed by atoms with Gasteiger partial charge in [0.25, 0.3) is 5.56 Å². The lowest BCUT2D eigenvalue weighted by molar-refractivity contribution is 0.0694. The molecule has 5 N–H and O–H groups in total. The average molecular weight is 470 g/mol. The molecule has 0 aromatic carbocycles. The van der Waals surface area contributed by atoms with Crippen LogP contribution in [0.1, 0.15) is 53.1 Å². The van der Waals surface area contributed by atoms with Gasteiger partial charge < -0.3 is 21.5 Å². The van der Waals surface area contributed by atoms with Crippen molar-refractivity contribution in [3.63, 3.8) is 0 Å². The van der Waals surface area contributed by atoms with Crippen LogP contribution in [0, 0.1) is 24.6 Å². The molecule has 2 aliphatic carbocycles. The third-order valence-corrected chi connectivity index (χ3v) is 8.48. The van der Waals surface area contributed by atoms with Gasteiger partial charge in [-0.1, -0.05) is 0 Å². The minimum Gasteiger partial charge on any atom is -0.477 e. The predicted molar refractivity (Wildman–Crippen MR) is 127 cm³/mol. The van der Waals surface area contributed by atoms with Crippen LogP contribution in [0.5, 0.6) is 0 Å². The van der Waals surface area contributed by atoms with Crippen molar-refractivity contribution >= 4 is 17.2 Å². The summed E-state index contributed by atoms with van der Waals surface area (Å²) in [6.45, 7) is 4.74. The van der Waals surface area contributed by atoms with E-state index < -0.39 is 17.3 Å². The molecule has 2 aromatic rings. The molecule has 2 saturated carbocycles. The lowest BCUT2D eigenvalue weighted by Gasteiger charge is -2.27. The van der Waals surface area contributed by atoms with Gasteiger partial charge in [0.2, 0.25) is 0 Å². The molecule has 0 bridgehead atoms. The van der Waals surface area contributed by atoms with Crippen LogP contribution in [0.4, 0.5) is 10.1 Å². The highest BCUT2D eigenvalue weighted by Gasteiger charge is 2.46. The Morgan fingerprint density at radius 2 is 1.82 bits per heavy atom. The number of rotatable bonds is 5. The second-order valence-corrected chi connectivity index (χ2v) is 10.8.